The number of amides is 1. The van der Waals surface area contributed by atoms with Gasteiger partial charge in [0.1, 0.15) is 7.22 Å². The van der Waals surface area contributed by atoms with E-state index in [9.17, 15) is 4.79 Å². The molecule has 146 valence electrons. The zero-order valence-corrected chi connectivity index (χ0v) is 19.0. The fourth-order valence-electron chi connectivity index (χ4n) is 4.40. The van der Waals surface area contributed by atoms with Gasteiger partial charge in [-0.2, -0.15) is 11.2 Å². The SMILES string of the molecule is CC(C)[Si](Sc1cccc(NC(=O)C2CCOCC2)c1)(C(C)C)C(C)C. The van der Waals surface area contributed by atoms with Crippen LogP contribution in [0.15, 0.2) is 29.2 Å². The highest BCUT2D eigenvalue weighted by Gasteiger charge is 2.44. The topological polar surface area (TPSA) is 38.3 Å². The number of hydrogen-bond acceptors (Lipinski definition) is 3. The molecule has 1 saturated heterocycles. The Bertz CT molecular complexity index is 576. The molecule has 5 heteroatoms. The third kappa shape index (κ3) is 4.93. The molecule has 1 aromatic carbocycles. The average molecular weight is 394 g/mol. The molecule has 1 aromatic rings. The van der Waals surface area contributed by atoms with Gasteiger partial charge in [-0.15, -0.1) is 0 Å². The number of benzene rings is 1. The minimum atomic E-state index is -1.58. The molecule has 1 fully saturated rings. The lowest BCUT2D eigenvalue weighted by molar-refractivity contribution is -0.122. The van der Waals surface area contributed by atoms with Crippen LogP contribution in [0, 0.1) is 5.92 Å². The van der Waals surface area contributed by atoms with Crippen LogP contribution in [0.3, 0.4) is 0 Å². The van der Waals surface area contributed by atoms with Gasteiger partial charge in [0.2, 0.25) is 5.91 Å². The van der Waals surface area contributed by atoms with Crippen molar-refractivity contribution in [2.75, 3.05) is 18.5 Å². The van der Waals surface area contributed by atoms with Crippen LogP contribution in [0.5, 0.6) is 0 Å². The molecule has 0 aromatic heterocycles. The first kappa shape index (κ1) is 21.5. The monoisotopic (exact) mass is 393 g/mol. The second-order valence-electron chi connectivity index (χ2n) is 8.32. The number of anilines is 1. The van der Waals surface area contributed by atoms with Gasteiger partial charge in [0, 0.05) is 29.7 Å². The Labute approximate surface area is 164 Å². The van der Waals surface area contributed by atoms with Crippen LogP contribution in [0.2, 0.25) is 16.6 Å². The molecule has 2 rings (SSSR count). The van der Waals surface area contributed by atoms with Gasteiger partial charge in [-0.05, 0) is 47.7 Å². The Morgan fingerprint density at radius 1 is 1.08 bits per heavy atom. The molecule has 0 bridgehead atoms. The molecule has 1 aliphatic heterocycles. The van der Waals surface area contributed by atoms with Crippen LogP contribution < -0.4 is 5.32 Å². The number of ether oxygens (including phenoxy) is 1. The quantitative estimate of drug-likeness (QED) is 0.551. The molecule has 1 N–H and O–H groups in total. The number of carbonyl (C=O) groups excluding carboxylic acids is 1. The lowest BCUT2D eigenvalue weighted by atomic mass is 9.99. The predicted octanol–water partition coefficient (Wildman–Crippen LogP) is 6.32. The van der Waals surface area contributed by atoms with Gasteiger partial charge in [0.25, 0.3) is 0 Å². The molecule has 26 heavy (non-hydrogen) atoms. The van der Waals surface area contributed by atoms with Crippen LogP contribution in [-0.4, -0.2) is 26.3 Å². The third-order valence-electron chi connectivity index (χ3n) is 5.70. The van der Waals surface area contributed by atoms with E-state index in [2.05, 4.69) is 76.3 Å². The second-order valence-corrected chi connectivity index (χ2v) is 16.9. The summed E-state index contributed by atoms with van der Waals surface area (Å²) in [6, 6.07) is 8.44. The molecule has 0 unspecified atom stereocenters. The van der Waals surface area contributed by atoms with E-state index in [4.69, 9.17) is 4.74 Å². The van der Waals surface area contributed by atoms with Crippen molar-refractivity contribution in [1.29, 1.82) is 0 Å². The summed E-state index contributed by atoms with van der Waals surface area (Å²) in [7, 11) is -1.58. The van der Waals surface area contributed by atoms with E-state index in [0.717, 1.165) is 18.5 Å². The summed E-state index contributed by atoms with van der Waals surface area (Å²) in [6.07, 6.45) is 1.65. The van der Waals surface area contributed by atoms with Crippen LogP contribution in [0.1, 0.15) is 54.4 Å². The van der Waals surface area contributed by atoms with Gasteiger partial charge in [-0.1, -0.05) is 47.6 Å². The normalized spacial score (nSPS) is 16.5. The van der Waals surface area contributed by atoms with E-state index < -0.39 is 7.22 Å². The first-order chi connectivity index (χ1) is 12.3. The lowest BCUT2D eigenvalue weighted by Gasteiger charge is -2.42. The van der Waals surface area contributed by atoms with Crippen molar-refractivity contribution in [3.8, 4) is 0 Å². The number of hydrogen-bond donors (Lipinski definition) is 1. The smallest absolute Gasteiger partial charge is 0.227 e. The van der Waals surface area contributed by atoms with Crippen molar-refractivity contribution in [2.24, 2.45) is 5.92 Å². The summed E-state index contributed by atoms with van der Waals surface area (Å²) in [5.74, 6) is 0.214. The first-order valence-electron chi connectivity index (χ1n) is 9.95. The molecule has 0 aliphatic carbocycles. The van der Waals surface area contributed by atoms with E-state index in [0.29, 0.717) is 29.8 Å². The molecule has 0 spiro atoms. The van der Waals surface area contributed by atoms with Crippen LogP contribution in [0.4, 0.5) is 5.69 Å². The minimum absolute atomic E-state index is 0.0792. The fourth-order valence-corrected chi connectivity index (χ4v) is 13.6. The first-order valence-corrected chi connectivity index (χ1v) is 13.7. The van der Waals surface area contributed by atoms with E-state index in [1.165, 1.54) is 4.90 Å². The maximum atomic E-state index is 12.5. The largest absolute Gasteiger partial charge is 0.381 e. The van der Waals surface area contributed by atoms with E-state index in [-0.39, 0.29) is 11.8 Å². The summed E-state index contributed by atoms with van der Waals surface area (Å²) in [4.78, 5) is 13.8. The Morgan fingerprint density at radius 3 is 2.19 bits per heavy atom. The lowest BCUT2D eigenvalue weighted by Crippen LogP contribution is -2.40. The van der Waals surface area contributed by atoms with Crippen LogP contribution in [-0.2, 0) is 9.53 Å². The Kier molecular flexibility index (Phi) is 7.80. The standard InChI is InChI=1S/C21H35NO2SSi/c1-15(2)26(16(3)4,17(5)6)25-20-9-7-8-19(14-20)22-21(23)18-10-12-24-13-11-18/h7-9,14-18H,10-13H2,1-6H3,(H,22,23). The van der Waals surface area contributed by atoms with Crippen LogP contribution >= 0.6 is 11.2 Å². The number of carbonyl (C=O) groups is 1. The van der Waals surface area contributed by atoms with Crippen LogP contribution in [0.25, 0.3) is 0 Å². The molecule has 1 aliphatic rings. The van der Waals surface area contributed by atoms with Gasteiger partial charge in [0.05, 0.1) is 0 Å². The second kappa shape index (κ2) is 9.42. The molecular formula is C21H35NO2SSi. The molecule has 0 atom stereocenters. The zero-order chi connectivity index (χ0) is 19.3. The molecule has 1 heterocycles. The molecule has 1 amide bonds. The summed E-state index contributed by atoms with van der Waals surface area (Å²) in [5.41, 5.74) is 3.03. The van der Waals surface area contributed by atoms with Crippen molar-refractivity contribution >= 4 is 30.0 Å². The van der Waals surface area contributed by atoms with Gasteiger partial charge >= 0.3 is 0 Å². The van der Waals surface area contributed by atoms with Crippen molar-refractivity contribution in [3.63, 3.8) is 0 Å². The predicted molar refractivity (Wildman–Crippen MR) is 116 cm³/mol. The maximum Gasteiger partial charge on any atom is 0.227 e. The Hall–Kier alpha value is -0.783. The average Bonchev–Trinajstić information content (AvgIpc) is 2.59. The Balaban J connectivity index is 2.15. The highest BCUT2D eigenvalue weighted by atomic mass is 32.4. The van der Waals surface area contributed by atoms with E-state index >= 15 is 0 Å². The zero-order valence-electron chi connectivity index (χ0n) is 17.2. The highest BCUT2D eigenvalue weighted by Crippen LogP contribution is 2.52. The Morgan fingerprint density at radius 2 is 1.65 bits per heavy atom. The molecule has 0 saturated carbocycles. The summed E-state index contributed by atoms with van der Waals surface area (Å²) in [5, 5.41) is 3.13. The number of nitrogens with one attached hydrogen (secondary N) is 1. The van der Waals surface area contributed by atoms with Crippen molar-refractivity contribution in [3.05, 3.63) is 24.3 Å². The summed E-state index contributed by atoms with van der Waals surface area (Å²) in [6.45, 7) is 15.7. The summed E-state index contributed by atoms with van der Waals surface area (Å²) >= 11 is 2.10. The van der Waals surface area contributed by atoms with Gasteiger partial charge in [-0.3, -0.25) is 4.79 Å². The van der Waals surface area contributed by atoms with E-state index in [1.807, 2.05) is 6.07 Å². The van der Waals surface area contributed by atoms with Gasteiger partial charge < -0.3 is 10.1 Å². The third-order valence-corrected chi connectivity index (χ3v) is 18.0. The van der Waals surface area contributed by atoms with Crippen molar-refractivity contribution < 1.29 is 9.53 Å². The highest BCUT2D eigenvalue weighted by molar-refractivity contribution is 8.29. The number of rotatable bonds is 7. The molecular weight excluding hydrogens is 358 g/mol. The van der Waals surface area contributed by atoms with E-state index in [1.54, 1.807) is 0 Å². The fraction of sp³-hybridized carbons (Fsp3) is 0.667. The van der Waals surface area contributed by atoms with Gasteiger partial charge in [-0.25, -0.2) is 0 Å². The maximum absolute atomic E-state index is 12.5. The molecule has 0 radical (unpaired) electrons. The minimum Gasteiger partial charge on any atom is -0.381 e. The molecule has 3 nitrogen and oxygen atoms in total. The summed E-state index contributed by atoms with van der Waals surface area (Å²) < 4.78 is 5.36. The van der Waals surface area contributed by atoms with Gasteiger partial charge in [0.15, 0.2) is 0 Å². The van der Waals surface area contributed by atoms with Crippen molar-refractivity contribution in [2.45, 2.75) is 75.9 Å². The van der Waals surface area contributed by atoms with Crippen molar-refractivity contribution in [1.82, 2.24) is 0 Å².